The van der Waals surface area contributed by atoms with Crippen LogP contribution in [0.1, 0.15) is 49.9 Å². The monoisotopic (exact) mass is 463 g/mol. The van der Waals surface area contributed by atoms with E-state index in [4.69, 9.17) is 15.0 Å². The zero-order chi connectivity index (χ0) is 23.6. The van der Waals surface area contributed by atoms with Gasteiger partial charge in [-0.15, -0.1) is 0 Å². The Morgan fingerprint density at radius 3 is 2.25 bits per heavy atom. The summed E-state index contributed by atoms with van der Waals surface area (Å²) in [5.41, 5.74) is 0.632. The number of nitrogens with one attached hydrogen (secondary N) is 1. The van der Waals surface area contributed by atoms with Crippen LogP contribution in [0.25, 0.3) is 0 Å². The fourth-order valence-corrected chi connectivity index (χ4v) is 3.89. The standard InChI is InChI=1S/C23H33N3O5S/c1-3-5-13-26(14-6-4-2)20-16-18(23(28)25-12-15-27)17-21(32(24,29)30)22(20)31-19-10-8-7-9-11-19/h7-11,16-17,27H,3-6,12-15H2,1-2H3,(H,25,28)(H2,24,29,30). The van der Waals surface area contributed by atoms with Gasteiger partial charge in [0.2, 0.25) is 10.0 Å². The molecule has 0 radical (unpaired) electrons. The highest BCUT2D eigenvalue weighted by molar-refractivity contribution is 7.89. The average Bonchev–Trinajstić information content (AvgIpc) is 2.77. The lowest BCUT2D eigenvalue weighted by Crippen LogP contribution is -2.29. The molecule has 0 unspecified atom stereocenters. The third-order valence-corrected chi connectivity index (χ3v) is 5.78. The van der Waals surface area contributed by atoms with E-state index in [1.54, 1.807) is 30.3 Å². The number of benzene rings is 2. The Labute approximate surface area is 190 Å². The number of unbranched alkanes of at least 4 members (excludes halogenated alkanes) is 2. The van der Waals surface area contributed by atoms with E-state index >= 15 is 0 Å². The molecule has 9 heteroatoms. The lowest BCUT2D eigenvalue weighted by molar-refractivity contribution is 0.0944. The van der Waals surface area contributed by atoms with E-state index in [1.807, 2.05) is 11.0 Å². The van der Waals surface area contributed by atoms with Crippen LogP contribution >= 0.6 is 0 Å². The first-order valence-corrected chi connectivity index (χ1v) is 12.4. The van der Waals surface area contributed by atoms with E-state index in [0.717, 1.165) is 25.7 Å². The first-order chi connectivity index (χ1) is 15.3. The minimum Gasteiger partial charge on any atom is -0.454 e. The number of rotatable bonds is 13. The van der Waals surface area contributed by atoms with Crippen molar-refractivity contribution < 1.29 is 23.1 Å². The van der Waals surface area contributed by atoms with E-state index in [2.05, 4.69) is 19.2 Å². The van der Waals surface area contributed by atoms with E-state index in [0.29, 0.717) is 24.5 Å². The minimum atomic E-state index is -4.21. The number of hydrogen-bond donors (Lipinski definition) is 3. The summed E-state index contributed by atoms with van der Waals surface area (Å²) in [6.07, 6.45) is 3.69. The Morgan fingerprint density at radius 2 is 1.72 bits per heavy atom. The molecule has 2 rings (SSSR count). The molecular formula is C23H33N3O5S. The normalized spacial score (nSPS) is 11.2. The third-order valence-electron chi connectivity index (χ3n) is 4.87. The highest BCUT2D eigenvalue weighted by Gasteiger charge is 2.26. The molecule has 2 aromatic carbocycles. The van der Waals surface area contributed by atoms with Gasteiger partial charge in [-0.2, -0.15) is 0 Å². The Morgan fingerprint density at radius 1 is 1.09 bits per heavy atom. The predicted octanol–water partition coefficient (Wildman–Crippen LogP) is 3.26. The summed E-state index contributed by atoms with van der Waals surface area (Å²) >= 11 is 0. The van der Waals surface area contributed by atoms with Gasteiger partial charge in [-0.1, -0.05) is 44.9 Å². The fourth-order valence-electron chi connectivity index (χ4n) is 3.20. The number of aliphatic hydroxyl groups is 1. The molecule has 1 amide bonds. The molecule has 176 valence electrons. The van der Waals surface area contributed by atoms with Crippen molar-refractivity contribution in [3.63, 3.8) is 0 Å². The quantitative estimate of drug-likeness (QED) is 0.419. The van der Waals surface area contributed by atoms with Gasteiger partial charge in [0.05, 0.1) is 12.3 Å². The highest BCUT2D eigenvalue weighted by atomic mass is 32.2. The molecule has 0 bridgehead atoms. The molecular weight excluding hydrogens is 430 g/mol. The number of hydrogen-bond acceptors (Lipinski definition) is 6. The molecule has 0 fully saturated rings. The second-order valence-corrected chi connectivity index (χ2v) is 8.99. The predicted molar refractivity (Wildman–Crippen MR) is 126 cm³/mol. The number of anilines is 1. The molecule has 0 saturated carbocycles. The number of carbonyl (C=O) groups is 1. The largest absolute Gasteiger partial charge is 0.454 e. The molecule has 0 atom stereocenters. The van der Waals surface area contributed by atoms with Gasteiger partial charge in [0.25, 0.3) is 5.91 Å². The Kier molecular flexibility index (Phi) is 9.96. The first kappa shape index (κ1) is 25.6. The molecule has 0 spiro atoms. The van der Waals surface area contributed by atoms with E-state index in [9.17, 15) is 13.2 Å². The summed E-state index contributed by atoms with van der Waals surface area (Å²) in [5.74, 6) is 0.0640. The molecule has 0 aliphatic carbocycles. The van der Waals surface area contributed by atoms with Crippen molar-refractivity contribution in [1.82, 2.24) is 5.32 Å². The van der Waals surface area contributed by atoms with Crippen LogP contribution in [0.2, 0.25) is 0 Å². The molecule has 0 heterocycles. The molecule has 8 nitrogen and oxygen atoms in total. The summed E-state index contributed by atoms with van der Waals surface area (Å²) in [6.45, 7) is 5.33. The van der Waals surface area contributed by atoms with Crippen molar-refractivity contribution in [2.45, 2.75) is 44.4 Å². The number of para-hydroxylation sites is 1. The number of amides is 1. The van der Waals surface area contributed by atoms with Gasteiger partial charge < -0.3 is 20.1 Å². The van der Waals surface area contributed by atoms with Gasteiger partial charge in [0.1, 0.15) is 10.6 Å². The second kappa shape index (κ2) is 12.4. The smallest absolute Gasteiger partial charge is 0.251 e. The first-order valence-electron chi connectivity index (χ1n) is 10.9. The summed E-state index contributed by atoms with van der Waals surface area (Å²) in [5, 5.41) is 17.1. The van der Waals surface area contributed by atoms with Gasteiger partial charge in [0, 0.05) is 25.2 Å². The molecule has 32 heavy (non-hydrogen) atoms. The van der Waals surface area contributed by atoms with Gasteiger partial charge >= 0.3 is 0 Å². The number of sulfonamides is 1. The number of nitrogens with two attached hydrogens (primary N) is 1. The number of ether oxygens (including phenoxy) is 1. The van der Waals surface area contributed by atoms with Gasteiger partial charge in [-0.25, -0.2) is 13.6 Å². The van der Waals surface area contributed by atoms with Crippen molar-refractivity contribution in [2.24, 2.45) is 5.14 Å². The molecule has 0 aliphatic rings. The number of nitrogens with zero attached hydrogens (tertiary/aromatic N) is 1. The van der Waals surface area contributed by atoms with Crippen LogP contribution < -0.4 is 20.1 Å². The van der Waals surface area contributed by atoms with Crippen LogP contribution in [0.5, 0.6) is 11.5 Å². The molecule has 2 aromatic rings. The van der Waals surface area contributed by atoms with Gasteiger partial charge in [-0.3, -0.25) is 4.79 Å². The highest BCUT2D eigenvalue weighted by Crippen LogP contribution is 2.39. The maximum atomic E-state index is 12.6. The molecule has 0 aliphatic heterocycles. The lowest BCUT2D eigenvalue weighted by atomic mass is 10.1. The van der Waals surface area contributed by atoms with Crippen molar-refractivity contribution in [3.8, 4) is 11.5 Å². The second-order valence-electron chi connectivity index (χ2n) is 7.46. The maximum Gasteiger partial charge on any atom is 0.251 e. The lowest BCUT2D eigenvalue weighted by Gasteiger charge is -2.28. The van der Waals surface area contributed by atoms with Gasteiger partial charge in [0.15, 0.2) is 5.75 Å². The minimum absolute atomic E-state index is 0.0521. The SMILES string of the molecule is CCCCN(CCCC)c1cc(C(=O)NCCO)cc(S(N)(=O)=O)c1Oc1ccccc1. The number of carbonyl (C=O) groups excluding carboxylic acids is 1. The van der Waals surface area contributed by atoms with Crippen LogP contribution in [0.4, 0.5) is 5.69 Å². The number of primary sulfonamides is 1. The third kappa shape index (κ3) is 7.22. The van der Waals surface area contributed by atoms with Crippen molar-refractivity contribution >= 4 is 21.6 Å². The summed E-state index contributed by atoms with van der Waals surface area (Å²) < 4.78 is 31.1. The van der Waals surface area contributed by atoms with E-state index < -0.39 is 15.9 Å². The van der Waals surface area contributed by atoms with E-state index in [-0.39, 0.29) is 29.4 Å². The Balaban J connectivity index is 2.70. The molecule has 0 saturated heterocycles. The van der Waals surface area contributed by atoms with Crippen molar-refractivity contribution in [1.29, 1.82) is 0 Å². The zero-order valence-electron chi connectivity index (χ0n) is 18.7. The fraction of sp³-hybridized carbons (Fsp3) is 0.435. The van der Waals surface area contributed by atoms with Crippen LogP contribution in [-0.2, 0) is 10.0 Å². The topological polar surface area (TPSA) is 122 Å². The average molecular weight is 464 g/mol. The van der Waals surface area contributed by atoms with Crippen LogP contribution in [0.3, 0.4) is 0 Å². The maximum absolute atomic E-state index is 12.6. The molecule has 4 N–H and O–H groups in total. The molecule has 0 aromatic heterocycles. The number of aliphatic hydroxyl groups excluding tert-OH is 1. The van der Waals surface area contributed by atoms with Gasteiger partial charge in [-0.05, 0) is 37.1 Å². The van der Waals surface area contributed by atoms with Crippen molar-refractivity contribution in [3.05, 3.63) is 48.0 Å². The zero-order valence-corrected chi connectivity index (χ0v) is 19.5. The summed E-state index contributed by atoms with van der Waals surface area (Å²) in [7, 11) is -4.21. The summed E-state index contributed by atoms with van der Waals surface area (Å²) in [4.78, 5) is 14.4. The Hall–Kier alpha value is -2.62. The van der Waals surface area contributed by atoms with Crippen molar-refractivity contribution in [2.75, 3.05) is 31.1 Å². The summed E-state index contributed by atoms with van der Waals surface area (Å²) in [6, 6.07) is 11.7. The Bertz CT molecular complexity index is 973. The van der Waals surface area contributed by atoms with Crippen LogP contribution in [-0.4, -0.2) is 45.7 Å². The van der Waals surface area contributed by atoms with E-state index in [1.165, 1.54) is 6.07 Å². The van der Waals surface area contributed by atoms with Crippen LogP contribution in [0.15, 0.2) is 47.4 Å². The van der Waals surface area contributed by atoms with Crippen LogP contribution in [0, 0.1) is 0 Å².